The van der Waals surface area contributed by atoms with Crippen LogP contribution in [0.25, 0.3) is 0 Å². The Labute approximate surface area is 172 Å². The molecular weight excluding hydrogens is 411 g/mol. The normalized spacial score (nSPS) is 16.9. The molecule has 154 valence electrons. The number of benzene rings is 1. The van der Waals surface area contributed by atoms with Crippen LogP contribution in [0.4, 0.5) is 4.39 Å². The molecule has 0 spiro atoms. The summed E-state index contributed by atoms with van der Waals surface area (Å²) in [6.45, 7) is 0.416. The van der Waals surface area contributed by atoms with Crippen LogP contribution in [0.1, 0.15) is 5.56 Å². The number of amidine groups is 1. The first-order chi connectivity index (χ1) is 14.4. The third kappa shape index (κ3) is 4.54. The number of aromatic nitrogens is 1. The fraction of sp³-hybridized carbons (Fsp3) is 0.150. The number of fused-ring (bicyclic) bond motifs is 1. The van der Waals surface area contributed by atoms with Crippen LogP contribution in [0, 0.1) is 5.82 Å². The molecule has 2 aliphatic rings. The highest BCUT2D eigenvalue weighted by Gasteiger charge is 2.29. The molecule has 2 aromatic rings. The van der Waals surface area contributed by atoms with Gasteiger partial charge in [0.25, 0.3) is 15.9 Å². The second kappa shape index (κ2) is 8.07. The Bertz CT molecular complexity index is 1170. The van der Waals surface area contributed by atoms with Gasteiger partial charge in [-0.2, -0.15) is 0 Å². The molecule has 8 nitrogen and oxygen atoms in total. The van der Waals surface area contributed by atoms with Crippen LogP contribution in [0.2, 0.25) is 0 Å². The van der Waals surface area contributed by atoms with Crippen LogP contribution in [0.5, 0.6) is 11.6 Å². The van der Waals surface area contributed by atoms with Crippen LogP contribution in [0.3, 0.4) is 0 Å². The molecule has 10 heteroatoms. The largest absolute Gasteiger partial charge is 0.439 e. The van der Waals surface area contributed by atoms with E-state index in [1.54, 1.807) is 29.3 Å². The van der Waals surface area contributed by atoms with E-state index in [2.05, 4.69) is 14.7 Å². The standard InChI is InChI=1S/C20H17FN4O4S/c21-15-3-5-16(6-4-15)29-18-12-14(7-8-22-18)13-23-20(26)17-2-1-9-25-10-11-30(27,28)24-19(17)25/h1-9,12H,10-11,13H2,(H,23,26). The van der Waals surface area contributed by atoms with Crippen LogP contribution in [-0.4, -0.2) is 42.3 Å². The summed E-state index contributed by atoms with van der Waals surface area (Å²) >= 11 is 0. The summed E-state index contributed by atoms with van der Waals surface area (Å²) in [6, 6.07) is 8.89. The zero-order valence-electron chi connectivity index (χ0n) is 15.7. The molecule has 0 aliphatic carbocycles. The van der Waals surface area contributed by atoms with Crippen molar-refractivity contribution >= 4 is 21.8 Å². The van der Waals surface area contributed by atoms with E-state index in [-0.39, 0.29) is 36.1 Å². The van der Waals surface area contributed by atoms with E-state index < -0.39 is 15.9 Å². The van der Waals surface area contributed by atoms with Gasteiger partial charge in [0.1, 0.15) is 11.6 Å². The number of sulfonamides is 1. The van der Waals surface area contributed by atoms with Gasteiger partial charge in [0.05, 0.1) is 11.3 Å². The summed E-state index contributed by atoms with van der Waals surface area (Å²) < 4.78 is 46.0. The van der Waals surface area contributed by atoms with Crippen molar-refractivity contribution in [3.05, 3.63) is 77.9 Å². The minimum Gasteiger partial charge on any atom is -0.439 e. The summed E-state index contributed by atoms with van der Waals surface area (Å²) in [6.07, 6.45) is 6.42. The molecule has 0 saturated heterocycles. The zero-order valence-corrected chi connectivity index (χ0v) is 16.5. The Morgan fingerprint density at radius 3 is 2.83 bits per heavy atom. The van der Waals surface area contributed by atoms with Crippen molar-refractivity contribution in [3.8, 4) is 11.6 Å². The topological polar surface area (TPSA) is 101 Å². The lowest BCUT2D eigenvalue weighted by molar-refractivity contribution is -0.117. The number of nitrogens with one attached hydrogen (secondary N) is 1. The molecule has 0 radical (unpaired) electrons. The highest BCUT2D eigenvalue weighted by atomic mass is 32.2. The molecule has 3 heterocycles. The van der Waals surface area contributed by atoms with Crippen LogP contribution in [0.15, 0.2) is 70.9 Å². The molecule has 0 unspecified atom stereocenters. The highest BCUT2D eigenvalue weighted by Crippen LogP contribution is 2.21. The minimum atomic E-state index is -3.58. The number of ether oxygens (including phenoxy) is 1. The number of pyridine rings is 1. The Morgan fingerprint density at radius 2 is 2.03 bits per heavy atom. The maximum atomic E-state index is 13.0. The van der Waals surface area contributed by atoms with Crippen molar-refractivity contribution in [2.75, 3.05) is 12.3 Å². The second-order valence-electron chi connectivity index (χ2n) is 6.56. The SMILES string of the molecule is O=C(NCc1ccnc(Oc2ccc(F)cc2)c1)C1=CC=CN2CCS(=O)(=O)N=C12. The van der Waals surface area contributed by atoms with E-state index in [4.69, 9.17) is 4.74 Å². The van der Waals surface area contributed by atoms with Crippen molar-refractivity contribution in [2.45, 2.75) is 6.54 Å². The van der Waals surface area contributed by atoms with Crippen molar-refractivity contribution in [3.63, 3.8) is 0 Å². The number of rotatable bonds is 5. The van der Waals surface area contributed by atoms with Gasteiger partial charge in [-0.1, -0.05) is 0 Å². The van der Waals surface area contributed by atoms with E-state index >= 15 is 0 Å². The van der Waals surface area contributed by atoms with Gasteiger partial charge in [0.15, 0.2) is 5.84 Å². The molecule has 0 bridgehead atoms. The summed E-state index contributed by atoms with van der Waals surface area (Å²) in [5.74, 6) is -0.0614. The van der Waals surface area contributed by atoms with E-state index in [1.165, 1.54) is 36.5 Å². The first kappa shape index (κ1) is 19.8. The maximum absolute atomic E-state index is 13.0. The Kier molecular flexibility index (Phi) is 5.32. The van der Waals surface area contributed by atoms with Crippen molar-refractivity contribution in [2.24, 2.45) is 4.40 Å². The van der Waals surface area contributed by atoms with Gasteiger partial charge < -0.3 is 15.0 Å². The fourth-order valence-electron chi connectivity index (χ4n) is 2.91. The van der Waals surface area contributed by atoms with Crippen LogP contribution >= 0.6 is 0 Å². The number of hydrogen-bond acceptors (Lipinski definition) is 6. The lowest BCUT2D eigenvalue weighted by atomic mass is 10.1. The highest BCUT2D eigenvalue weighted by molar-refractivity contribution is 7.90. The molecule has 1 amide bonds. The molecule has 0 fully saturated rings. The molecular formula is C20H17FN4O4S. The lowest BCUT2D eigenvalue weighted by Gasteiger charge is -2.28. The number of carbonyl (C=O) groups excluding carboxylic acids is 1. The molecule has 1 N–H and O–H groups in total. The predicted molar refractivity (Wildman–Crippen MR) is 108 cm³/mol. The summed E-state index contributed by atoms with van der Waals surface area (Å²) in [4.78, 5) is 18.4. The molecule has 30 heavy (non-hydrogen) atoms. The Morgan fingerprint density at radius 1 is 1.23 bits per heavy atom. The van der Waals surface area contributed by atoms with Crippen LogP contribution in [-0.2, 0) is 21.4 Å². The third-order valence-corrected chi connectivity index (χ3v) is 5.54. The number of allylic oxidation sites excluding steroid dienone is 2. The monoisotopic (exact) mass is 428 g/mol. The van der Waals surface area contributed by atoms with Gasteiger partial charge >= 0.3 is 0 Å². The molecule has 1 aromatic carbocycles. The first-order valence-corrected chi connectivity index (χ1v) is 10.7. The zero-order chi connectivity index (χ0) is 21.1. The summed E-state index contributed by atoms with van der Waals surface area (Å²) in [5, 5.41) is 2.75. The average molecular weight is 428 g/mol. The molecule has 1 aromatic heterocycles. The van der Waals surface area contributed by atoms with E-state index in [0.29, 0.717) is 11.6 Å². The minimum absolute atomic E-state index is 0.0937. The van der Waals surface area contributed by atoms with Gasteiger partial charge in [0, 0.05) is 31.6 Å². The molecule has 0 atom stereocenters. The third-order valence-electron chi connectivity index (χ3n) is 4.39. The summed E-state index contributed by atoms with van der Waals surface area (Å²) in [5.41, 5.74) is 0.898. The maximum Gasteiger partial charge on any atom is 0.256 e. The van der Waals surface area contributed by atoms with Gasteiger partial charge in [-0.05, 0) is 48.0 Å². The van der Waals surface area contributed by atoms with Crippen LogP contribution < -0.4 is 10.1 Å². The van der Waals surface area contributed by atoms with Crippen molar-refractivity contribution in [1.82, 2.24) is 15.2 Å². The predicted octanol–water partition coefficient (Wildman–Crippen LogP) is 2.13. The summed E-state index contributed by atoms with van der Waals surface area (Å²) in [7, 11) is -3.58. The number of carbonyl (C=O) groups is 1. The number of halogens is 1. The first-order valence-electron chi connectivity index (χ1n) is 9.04. The van der Waals surface area contributed by atoms with Gasteiger partial charge in [-0.15, -0.1) is 4.40 Å². The number of hydrogen-bond donors (Lipinski definition) is 1. The van der Waals surface area contributed by atoms with E-state index in [1.807, 2.05) is 0 Å². The number of amides is 1. The Balaban J connectivity index is 1.44. The van der Waals surface area contributed by atoms with Crippen molar-refractivity contribution < 1.29 is 22.3 Å². The molecule has 4 rings (SSSR count). The van der Waals surface area contributed by atoms with Gasteiger partial charge in [-0.3, -0.25) is 4.79 Å². The molecule has 0 saturated carbocycles. The smallest absolute Gasteiger partial charge is 0.256 e. The van der Waals surface area contributed by atoms with E-state index in [9.17, 15) is 17.6 Å². The fourth-order valence-corrected chi connectivity index (χ4v) is 3.90. The van der Waals surface area contributed by atoms with Gasteiger partial charge in [-0.25, -0.2) is 17.8 Å². The van der Waals surface area contributed by atoms with Gasteiger partial charge in [0.2, 0.25) is 5.88 Å². The number of nitrogens with zero attached hydrogens (tertiary/aromatic N) is 3. The average Bonchev–Trinajstić information content (AvgIpc) is 2.73. The van der Waals surface area contributed by atoms with Crippen molar-refractivity contribution in [1.29, 1.82) is 0 Å². The quantitative estimate of drug-likeness (QED) is 0.783. The lowest BCUT2D eigenvalue weighted by Crippen LogP contribution is -2.42. The molecule has 2 aliphatic heterocycles. The second-order valence-corrected chi connectivity index (χ2v) is 8.31. The van der Waals surface area contributed by atoms with E-state index in [0.717, 1.165) is 5.56 Å². The Hall–Kier alpha value is -3.53.